The molecule has 0 aliphatic carbocycles. The third kappa shape index (κ3) is 3.38. The zero-order valence-corrected chi connectivity index (χ0v) is 8.20. The van der Waals surface area contributed by atoms with Gasteiger partial charge in [0.05, 0.1) is 6.10 Å². The maximum Gasteiger partial charge on any atom is 0.130 e. The lowest BCUT2D eigenvalue weighted by Crippen LogP contribution is -2.16. The molecule has 0 unspecified atom stereocenters. The lowest BCUT2D eigenvalue weighted by molar-refractivity contribution is 0.208. The smallest absolute Gasteiger partial charge is 0.130 e. The van der Waals surface area contributed by atoms with Crippen molar-refractivity contribution in [2.45, 2.75) is 26.9 Å². The standard InChI is InChI=1S/C9H15N3O/c1-6-4-9(10-5-7(2)13)12-8(3)11-6/h4,7,13H,5H2,1-3H3,(H,10,11,12)/t7-/m0/s1. The van der Waals surface area contributed by atoms with Crippen molar-refractivity contribution in [1.29, 1.82) is 0 Å². The lowest BCUT2D eigenvalue weighted by Gasteiger charge is -2.08. The average Bonchev–Trinajstić information content (AvgIpc) is 1.99. The van der Waals surface area contributed by atoms with E-state index in [1.165, 1.54) is 0 Å². The topological polar surface area (TPSA) is 58.0 Å². The molecule has 13 heavy (non-hydrogen) atoms. The molecule has 0 aliphatic heterocycles. The van der Waals surface area contributed by atoms with Crippen LogP contribution in [0.25, 0.3) is 0 Å². The minimum Gasteiger partial charge on any atom is -0.392 e. The highest BCUT2D eigenvalue weighted by Gasteiger charge is 1.99. The predicted molar refractivity (Wildman–Crippen MR) is 51.7 cm³/mol. The molecule has 1 heterocycles. The van der Waals surface area contributed by atoms with Gasteiger partial charge < -0.3 is 10.4 Å². The third-order valence-electron chi connectivity index (χ3n) is 1.54. The molecule has 0 spiro atoms. The molecule has 0 aliphatic rings. The quantitative estimate of drug-likeness (QED) is 0.727. The molecule has 0 saturated heterocycles. The van der Waals surface area contributed by atoms with E-state index >= 15 is 0 Å². The molecule has 1 aromatic heterocycles. The van der Waals surface area contributed by atoms with E-state index in [4.69, 9.17) is 5.11 Å². The normalized spacial score (nSPS) is 12.6. The van der Waals surface area contributed by atoms with Crippen molar-refractivity contribution in [1.82, 2.24) is 9.97 Å². The Kier molecular flexibility index (Phi) is 3.19. The number of aliphatic hydroxyl groups is 1. The van der Waals surface area contributed by atoms with Crippen molar-refractivity contribution < 1.29 is 5.11 Å². The molecule has 4 heteroatoms. The molecule has 1 rings (SSSR count). The van der Waals surface area contributed by atoms with Gasteiger partial charge in [0.2, 0.25) is 0 Å². The summed E-state index contributed by atoms with van der Waals surface area (Å²) in [5.74, 6) is 1.51. The van der Waals surface area contributed by atoms with Gasteiger partial charge in [0.15, 0.2) is 0 Å². The van der Waals surface area contributed by atoms with Gasteiger partial charge in [0.1, 0.15) is 11.6 Å². The van der Waals surface area contributed by atoms with Crippen LogP contribution in [0.4, 0.5) is 5.82 Å². The van der Waals surface area contributed by atoms with Crippen LogP contribution >= 0.6 is 0 Å². The summed E-state index contributed by atoms with van der Waals surface area (Å²) < 4.78 is 0. The molecule has 1 atom stereocenters. The maximum absolute atomic E-state index is 9.05. The first-order chi connectivity index (χ1) is 6.08. The molecular formula is C9H15N3O. The van der Waals surface area contributed by atoms with Crippen LogP contribution in [0.15, 0.2) is 6.07 Å². The van der Waals surface area contributed by atoms with Gasteiger partial charge >= 0.3 is 0 Å². The number of rotatable bonds is 3. The monoisotopic (exact) mass is 181 g/mol. The van der Waals surface area contributed by atoms with Crippen LogP contribution in [0.2, 0.25) is 0 Å². The number of hydrogen-bond donors (Lipinski definition) is 2. The molecule has 0 aromatic carbocycles. The number of anilines is 1. The van der Waals surface area contributed by atoms with Crippen LogP contribution in [-0.2, 0) is 0 Å². The van der Waals surface area contributed by atoms with Gasteiger partial charge in [-0.15, -0.1) is 0 Å². The number of nitrogens with one attached hydrogen (secondary N) is 1. The van der Waals surface area contributed by atoms with Gasteiger partial charge in [0, 0.05) is 18.3 Å². The Hall–Kier alpha value is -1.16. The zero-order chi connectivity index (χ0) is 9.84. The number of aliphatic hydroxyl groups excluding tert-OH is 1. The van der Waals surface area contributed by atoms with E-state index in [1.807, 2.05) is 19.9 Å². The Bertz CT molecular complexity index is 266. The number of aryl methyl sites for hydroxylation is 2. The van der Waals surface area contributed by atoms with Gasteiger partial charge in [-0.05, 0) is 20.8 Å². The Balaban J connectivity index is 2.66. The van der Waals surface area contributed by atoms with Crippen molar-refractivity contribution in [2.75, 3.05) is 11.9 Å². The first kappa shape index (κ1) is 9.92. The zero-order valence-electron chi connectivity index (χ0n) is 8.20. The fourth-order valence-electron chi connectivity index (χ4n) is 1.06. The summed E-state index contributed by atoms with van der Waals surface area (Å²) in [7, 11) is 0. The van der Waals surface area contributed by atoms with E-state index < -0.39 is 0 Å². The van der Waals surface area contributed by atoms with Gasteiger partial charge in [-0.2, -0.15) is 0 Å². The van der Waals surface area contributed by atoms with Crippen molar-refractivity contribution in [3.63, 3.8) is 0 Å². The van der Waals surface area contributed by atoms with Gasteiger partial charge in [0.25, 0.3) is 0 Å². The van der Waals surface area contributed by atoms with Crippen LogP contribution in [-0.4, -0.2) is 27.7 Å². The molecule has 72 valence electrons. The highest BCUT2D eigenvalue weighted by Crippen LogP contribution is 2.05. The molecule has 0 radical (unpaired) electrons. The van der Waals surface area contributed by atoms with Crippen LogP contribution in [0, 0.1) is 13.8 Å². The van der Waals surface area contributed by atoms with E-state index in [9.17, 15) is 0 Å². The van der Waals surface area contributed by atoms with E-state index in [1.54, 1.807) is 6.92 Å². The highest BCUT2D eigenvalue weighted by atomic mass is 16.3. The lowest BCUT2D eigenvalue weighted by atomic mass is 10.3. The minimum atomic E-state index is -0.365. The summed E-state index contributed by atoms with van der Waals surface area (Å²) in [5.41, 5.74) is 0.931. The number of hydrogen-bond acceptors (Lipinski definition) is 4. The fraction of sp³-hybridized carbons (Fsp3) is 0.556. The SMILES string of the molecule is Cc1cc(NC[C@H](C)O)nc(C)n1. The molecule has 0 amide bonds. The Morgan fingerprint density at radius 1 is 1.46 bits per heavy atom. The van der Waals surface area contributed by atoms with Crippen LogP contribution in [0.1, 0.15) is 18.4 Å². The molecule has 0 fully saturated rings. The highest BCUT2D eigenvalue weighted by molar-refractivity contribution is 5.35. The summed E-state index contributed by atoms with van der Waals surface area (Å²) in [6.45, 7) is 6.01. The molecule has 0 saturated carbocycles. The summed E-state index contributed by atoms with van der Waals surface area (Å²) in [5, 5.41) is 12.1. The van der Waals surface area contributed by atoms with Crippen LogP contribution in [0.5, 0.6) is 0 Å². The predicted octanol–water partition coefficient (Wildman–Crippen LogP) is 0.886. The van der Waals surface area contributed by atoms with Gasteiger partial charge in [-0.1, -0.05) is 0 Å². The largest absolute Gasteiger partial charge is 0.392 e. The summed E-state index contributed by atoms with van der Waals surface area (Å²) in [6, 6.07) is 1.86. The van der Waals surface area contributed by atoms with E-state index in [-0.39, 0.29) is 6.10 Å². The first-order valence-corrected chi connectivity index (χ1v) is 4.32. The Labute approximate surface area is 78.0 Å². The summed E-state index contributed by atoms with van der Waals surface area (Å²) in [6.07, 6.45) is -0.365. The summed E-state index contributed by atoms with van der Waals surface area (Å²) in [4.78, 5) is 8.32. The van der Waals surface area contributed by atoms with Gasteiger partial charge in [-0.25, -0.2) is 9.97 Å². The second-order valence-electron chi connectivity index (χ2n) is 3.17. The third-order valence-corrected chi connectivity index (χ3v) is 1.54. The molecular weight excluding hydrogens is 166 g/mol. The first-order valence-electron chi connectivity index (χ1n) is 4.32. The second kappa shape index (κ2) is 4.18. The van der Waals surface area contributed by atoms with E-state index in [2.05, 4.69) is 15.3 Å². The van der Waals surface area contributed by atoms with Crippen molar-refractivity contribution in [3.05, 3.63) is 17.6 Å². The van der Waals surface area contributed by atoms with Crippen molar-refractivity contribution >= 4 is 5.82 Å². The van der Waals surface area contributed by atoms with Gasteiger partial charge in [-0.3, -0.25) is 0 Å². The average molecular weight is 181 g/mol. The van der Waals surface area contributed by atoms with Crippen molar-refractivity contribution in [2.24, 2.45) is 0 Å². The van der Waals surface area contributed by atoms with Crippen LogP contribution in [0.3, 0.4) is 0 Å². The summed E-state index contributed by atoms with van der Waals surface area (Å²) >= 11 is 0. The number of aromatic nitrogens is 2. The molecule has 2 N–H and O–H groups in total. The Morgan fingerprint density at radius 2 is 2.15 bits per heavy atom. The van der Waals surface area contributed by atoms with E-state index in [0.717, 1.165) is 17.3 Å². The Morgan fingerprint density at radius 3 is 2.69 bits per heavy atom. The number of nitrogens with zero attached hydrogens (tertiary/aromatic N) is 2. The minimum absolute atomic E-state index is 0.365. The molecule has 0 bridgehead atoms. The van der Waals surface area contributed by atoms with Crippen molar-refractivity contribution in [3.8, 4) is 0 Å². The second-order valence-corrected chi connectivity index (χ2v) is 3.17. The fourth-order valence-corrected chi connectivity index (χ4v) is 1.06. The maximum atomic E-state index is 9.05. The molecule has 1 aromatic rings. The molecule has 4 nitrogen and oxygen atoms in total. The van der Waals surface area contributed by atoms with E-state index in [0.29, 0.717) is 6.54 Å². The van der Waals surface area contributed by atoms with Crippen LogP contribution < -0.4 is 5.32 Å².